The molecule has 0 radical (unpaired) electrons. The van der Waals surface area contributed by atoms with Crippen molar-refractivity contribution in [3.05, 3.63) is 29.8 Å². The topological polar surface area (TPSA) is 83.5 Å². The van der Waals surface area contributed by atoms with Gasteiger partial charge in [0.25, 0.3) is 0 Å². The van der Waals surface area contributed by atoms with Crippen LogP contribution in [0.4, 0.5) is 0 Å². The second-order valence-corrected chi connectivity index (χ2v) is 6.74. The number of aliphatic carboxylic acids is 1. The summed E-state index contributed by atoms with van der Waals surface area (Å²) in [6, 6.07) is 6.80. The van der Waals surface area contributed by atoms with Gasteiger partial charge in [-0.05, 0) is 36.5 Å². The molecule has 0 aliphatic carbocycles. The first-order chi connectivity index (χ1) is 9.33. The van der Waals surface area contributed by atoms with Crippen molar-refractivity contribution >= 4 is 16.0 Å². The smallest absolute Gasteiger partial charge is 0.303 e. The van der Waals surface area contributed by atoms with Crippen LogP contribution in [0.1, 0.15) is 44.6 Å². The van der Waals surface area contributed by atoms with Crippen molar-refractivity contribution in [1.29, 1.82) is 0 Å². The molecule has 0 aromatic heterocycles. The Morgan fingerprint density at radius 2 is 1.80 bits per heavy atom. The van der Waals surface area contributed by atoms with Crippen LogP contribution in [0.15, 0.2) is 29.2 Å². The molecule has 0 heterocycles. The molecule has 0 saturated heterocycles. The summed E-state index contributed by atoms with van der Waals surface area (Å²) in [5, 5.41) is 8.48. The van der Waals surface area contributed by atoms with Gasteiger partial charge in [-0.2, -0.15) is 0 Å². The number of benzene rings is 1. The molecule has 0 aliphatic heterocycles. The Balaban J connectivity index is 2.53. The highest BCUT2D eigenvalue weighted by molar-refractivity contribution is 7.89. The van der Waals surface area contributed by atoms with Crippen LogP contribution in [-0.2, 0) is 14.8 Å². The van der Waals surface area contributed by atoms with Gasteiger partial charge in [-0.3, -0.25) is 4.79 Å². The van der Waals surface area contributed by atoms with Crippen molar-refractivity contribution in [1.82, 2.24) is 4.72 Å². The Labute approximate surface area is 120 Å². The van der Waals surface area contributed by atoms with Gasteiger partial charge in [0, 0.05) is 13.0 Å². The number of rotatable bonds is 8. The van der Waals surface area contributed by atoms with E-state index in [4.69, 9.17) is 5.11 Å². The molecule has 0 atom stereocenters. The quantitative estimate of drug-likeness (QED) is 0.722. The third-order valence-corrected chi connectivity index (χ3v) is 4.44. The summed E-state index contributed by atoms with van der Waals surface area (Å²) in [6.45, 7) is 4.34. The van der Waals surface area contributed by atoms with Crippen molar-refractivity contribution in [3.63, 3.8) is 0 Å². The van der Waals surface area contributed by atoms with Gasteiger partial charge in [-0.15, -0.1) is 0 Å². The first-order valence-electron chi connectivity index (χ1n) is 6.64. The van der Waals surface area contributed by atoms with Gasteiger partial charge in [0.05, 0.1) is 4.90 Å². The van der Waals surface area contributed by atoms with E-state index in [0.29, 0.717) is 18.8 Å². The number of carbonyl (C=O) groups is 1. The summed E-state index contributed by atoms with van der Waals surface area (Å²) in [4.78, 5) is 10.6. The number of carboxylic acid groups (broad SMARTS) is 1. The van der Waals surface area contributed by atoms with E-state index in [2.05, 4.69) is 4.72 Å². The van der Waals surface area contributed by atoms with Gasteiger partial charge < -0.3 is 5.11 Å². The zero-order valence-electron chi connectivity index (χ0n) is 11.8. The summed E-state index contributed by atoms with van der Waals surface area (Å²) in [5.74, 6) is -0.507. The average Bonchev–Trinajstić information content (AvgIpc) is 2.38. The molecule has 0 spiro atoms. The molecule has 112 valence electrons. The van der Waals surface area contributed by atoms with Gasteiger partial charge in [-0.25, -0.2) is 13.1 Å². The number of sulfonamides is 1. The van der Waals surface area contributed by atoms with E-state index >= 15 is 0 Å². The predicted molar refractivity (Wildman–Crippen MR) is 77.2 cm³/mol. The second kappa shape index (κ2) is 7.40. The number of carboxylic acids is 1. The summed E-state index contributed by atoms with van der Waals surface area (Å²) >= 11 is 0. The molecule has 0 bridgehead atoms. The number of unbranched alkanes of at least 4 members (excludes halogenated alkanes) is 1. The van der Waals surface area contributed by atoms with Crippen LogP contribution in [0, 0.1) is 0 Å². The molecular formula is C14H21NO4S. The van der Waals surface area contributed by atoms with Crippen molar-refractivity contribution in [2.45, 2.75) is 43.9 Å². The molecule has 2 N–H and O–H groups in total. The van der Waals surface area contributed by atoms with E-state index in [1.807, 2.05) is 26.0 Å². The first kappa shape index (κ1) is 16.7. The third kappa shape index (κ3) is 5.30. The zero-order valence-corrected chi connectivity index (χ0v) is 12.6. The van der Waals surface area contributed by atoms with Crippen LogP contribution in [0.25, 0.3) is 0 Å². The average molecular weight is 299 g/mol. The van der Waals surface area contributed by atoms with Gasteiger partial charge in [-0.1, -0.05) is 26.0 Å². The molecule has 0 saturated carbocycles. The van der Waals surface area contributed by atoms with Crippen molar-refractivity contribution in [3.8, 4) is 0 Å². The number of nitrogens with one attached hydrogen (secondary N) is 1. The molecular weight excluding hydrogens is 278 g/mol. The largest absolute Gasteiger partial charge is 0.481 e. The van der Waals surface area contributed by atoms with Crippen molar-refractivity contribution < 1.29 is 18.3 Å². The zero-order chi connectivity index (χ0) is 15.2. The minimum absolute atomic E-state index is 0.0603. The summed E-state index contributed by atoms with van der Waals surface area (Å²) in [5.41, 5.74) is 1.09. The van der Waals surface area contributed by atoms with Crippen LogP contribution >= 0.6 is 0 Å². The molecule has 6 heteroatoms. The van der Waals surface area contributed by atoms with Gasteiger partial charge in [0.1, 0.15) is 0 Å². The highest BCUT2D eigenvalue weighted by atomic mass is 32.2. The van der Waals surface area contributed by atoms with Crippen molar-refractivity contribution in [2.24, 2.45) is 0 Å². The molecule has 0 amide bonds. The van der Waals surface area contributed by atoms with Crippen LogP contribution in [0.3, 0.4) is 0 Å². The fourth-order valence-corrected chi connectivity index (χ4v) is 2.80. The minimum atomic E-state index is -3.50. The van der Waals surface area contributed by atoms with Crippen LogP contribution in [-0.4, -0.2) is 26.0 Å². The maximum absolute atomic E-state index is 12.0. The summed E-state index contributed by atoms with van der Waals surface area (Å²) < 4.78 is 26.4. The highest BCUT2D eigenvalue weighted by Gasteiger charge is 2.13. The van der Waals surface area contributed by atoms with Crippen LogP contribution < -0.4 is 4.72 Å². The lowest BCUT2D eigenvalue weighted by atomic mass is 10.0. The molecule has 1 rings (SSSR count). The second-order valence-electron chi connectivity index (χ2n) is 4.97. The lowest BCUT2D eigenvalue weighted by Gasteiger charge is -2.09. The maximum atomic E-state index is 12.0. The first-order valence-corrected chi connectivity index (χ1v) is 8.12. The van der Waals surface area contributed by atoms with E-state index in [1.165, 1.54) is 0 Å². The van der Waals surface area contributed by atoms with Crippen LogP contribution in [0.5, 0.6) is 0 Å². The number of hydrogen-bond acceptors (Lipinski definition) is 3. The normalized spacial score (nSPS) is 11.8. The van der Waals surface area contributed by atoms with E-state index in [9.17, 15) is 13.2 Å². The molecule has 0 fully saturated rings. The molecule has 1 aromatic carbocycles. The maximum Gasteiger partial charge on any atom is 0.303 e. The van der Waals surface area contributed by atoms with E-state index < -0.39 is 16.0 Å². The lowest BCUT2D eigenvalue weighted by Crippen LogP contribution is -2.24. The monoisotopic (exact) mass is 299 g/mol. The predicted octanol–water partition coefficient (Wildman–Crippen LogP) is 2.34. The fraction of sp³-hybridized carbons (Fsp3) is 0.500. The molecule has 1 aromatic rings. The number of hydrogen-bond donors (Lipinski definition) is 2. The molecule has 0 aliphatic rings. The highest BCUT2D eigenvalue weighted by Crippen LogP contribution is 2.17. The summed E-state index contributed by atoms with van der Waals surface area (Å²) in [7, 11) is -3.50. The van der Waals surface area contributed by atoms with E-state index in [0.717, 1.165) is 5.56 Å². The Bertz CT molecular complexity index is 535. The standard InChI is InChI=1S/C14H21NO4S/c1-11(2)12-6-8-13(9-7-12)20(18,19)15-10-4-3-5-14(16)17/h6-9,11,15H,3-5,10H2,1-2H3,(H,16,17). The van der Waals surface area contributed by atoms with E-state index in [-0.39, 0.29) is 17.9 Å². The molecule has 20 heavy (non-hydrogen) atoms. The molecule has 5 nitrogen and oxygen atoms in total. The Kier molecular flexibility index (Phi) is 6.16. The van der Waals surface area contributed by atoms with E-state index in [1.54, 1.807) is 12.1 Å². The summed E-state index contributed by atoms with van der Waals surface area (Å²) in [6.07, 6.45) is 1.03. The Morgan fingerprint density at radius 1 is 1.20 bits per heavy atom. The molecule has 0 unspecified atom stereocenters. The SMILES string of the molecule is CC(C)c1ccc(S(=O)(=O)NCCCCC(=O)O)cc1. The lowest BCUT2D eigenvalue weighted by molar-refractivity contribution is -0.137. The van der Waals surface area contributed by atoms with Crippen molar-refractivity contribution in [2.75, 3.05) is 6.54 Å². The van der Waals surface area contributed by atoms with Gasteiger partial charge in [0.15, 0.2) is 0 Å². The van der Waals surface area contributed by atoms with Crippen LogP contribution in [0.2, 0.25) is 0 Å². The van der Waals surface area contributed by atoms with Gasteiger partial charge in [0.2, 0.25) is 10.0 Å². The van der Waals surface area contributed by atoms with Gasteiger partial charge >= 0.3 is 5.97 Å². The Hall–Kier alpha value is -1.40. The minimum Gasteiger partial charge on any atom is -0.481 e. The Morgan fingerprint density at radius 3 is 2.30 bits per heavy atom. The fourth-order valence-electron chi connectivity index (χ4n) is 1.72. The third-order valence-electron chi connectivity index (χ3n) is 2.97.